The second-order valence-corrected chi connectivity index (χ2v) is 6.88. The van der Waals surface area contributed by atoms with Crippen LogP contribution in [0.1, 0.15) is 10.7 Å². The summed E-state index contributed by atoms with van der Waals surface area (Å²) in [6.07, 6.45) is 0.643. The standard InChI is InChI=1S/C10H18N4O2S2/c1-9-8-17-10(13-9)2-3-12-18(15,16)14-6-4-11-5-7-14/h8,11-12H,2-7H2,1H3. The van der Waals surface area contributed by atoms with Gasteiger partial charge in [-0.05, 0) is 6.92 Å². The van der Waals surface area contributed by atoms with Gasteiger partial charge in [-0.15, -0.1) is 11.3 Å². The van der Waals surface area contributed by atoms with E-state index < -0.39 is 10.2 Å². The molecule has 0 radical (unpaired) electrons. The van der Waals surface area contributed by atoms with Gasteiger partial charge in [0.2, 0.25) is 0 Å². The van der Waals surface area contributed by atoms with Gasteiger partial charge in [-0.3, -0.25) is 0 Å². The Morgan fingerprint density at radius 1 is 1.50 bits per heavy atom. The third-order valence-corrected chi connectivity index (χ3v) is 5.35. The van der Waals surface area contributed by atoms with Crippen molar-refractivity contribution in [2.45, 2.75) is 13.3 Å². The Kier molecular flexibility index (Phi) is 4.68. The topological polar surface area (TPSA) is 74.3 Å². The molecule has 2 heterocycles. The van der Waals surface area contributed by atoms with E-state index in [1.54, 1.807) is 11.3 Å². The molecule has 0 aliphatic carbocycles. The van der Waals surface area contributed by atoms with Gasteiger partial charge in [-0.25, -0.2) is 9.71 Å². The van der Waals surface area contributed by atoms with E-state index in [1.807, 2.05) is 12.3 Å². The molecule has 102 valence electrons. The van der Waals surface area contributed by atoms with Crippen molar-refractivity contribution in [3.63, 3.8) is 0 Å². The molecule has 0 bridgehead atoms. The molecule has 2 N–H and O–H groups in total. The van der Waals surface area contributed by atoms with Gasteiger partial charge in [0.15, 0.2) is 0 Å². The summed E-state index contributed by atoms with van der Waals surface area (Å²) in [6.45, 7) is 4.83. The van der Waals surface area contributed by atoms with Crippen molar-refractivity contribution in [3.05, 3.63) is 16.1 Å². The maximum atomic E-state index is 12.0. The fraction of sp³-hybridized carbons (Fsp3) is 0.700. The minimum Gasteiger partial charge on any atom is -0.314 e. The third kappa shape index (κ3) is 3.72. The number of piperazine rings is 1. The summed E-state index contributed by atoms with van der Waals surface area (Å²) in [4.78, 5) is 4.30. The molecular formula is C10H18N4O2S2. The molecule has 6 nitrogen and oxygen atoms in total. The minimum atomic E-state index is -3.33. The molecule has 0 atom stereocenters. The number of hydrogen-bond acceptors (Lipinski definition) is 5. The van der Waals surface area contributed by atoms with E-state index in [0.717, 1.165) is 10.7 Å². The molecule has 0 aromatic carbocycles. The second kappa shape index (κ2) is 6.07. The lowest BCUT2D eigenvalue weighted by Crippen LogP contribution is -2.50. The Balaban J connectivity index is 1.81. The van der Waals surface area contributed by atoms with Crippen LogP contribution in [0.3, 0.4) is 0 Å². The first-order valence-corrected chi connectivity index (χ1v) is 8.26. The summed E-state index contributed by atoms with van der Waals surface area (Å²) in [6, 6.07) is 0. The summed E-state index contributed by atoms with van der Waals surface area (Å²) in [5.41, 5.74) is 0.986. The highest BCUT2D eigenvalue weighted by Crippen LogP contribution is 2.09. The van der Waals surface area contributed by atoms with Gasteiger partial charge in [0, 0.05) is 50.2 Å². The first-order valence-electron chi connectivity index (χ1n) is 5.94. The van der Waals surface area contributed by atoms with E-state index >= 15 is 0 Å². The quantitative estimate of drug-likeness (QED) is 0.783. The summed E-state index contributed by atoms with van der Waals surface area (Å²) in [7, 11) is -3.33. The summed E-state index contributed by atoms with van der Waals surface area (Å²) in [5, 5.41) is 6.07. The predicted molar refractivity (Wildman–Crippen MR) is 71.9 cm³/mol. The first kappa shape index (κ1) is 13.9. The predicted octanol–water partition coefficient (Wildman–Crippen LogP) is -0.266. The average molecular weight is 290 g/mol. The number of aryl methyl sites for hydroxylation is 1. The van der Waals surface area contributed by atoms with Crippen molar-refractivity contribution in [2.24, 2.45) is 0 Å². The zero-order chi connectivity index (χ0) is 13.0. The molecule has 1 aliphatic heterocycles. The maximum absolute atomic E-state index is 12.0. The van der Waals surface area contributed by atoms with E-state index in [2.05, 4.69) is 15.0 Å². The maximum Gasteiger partial charge on any atom is 0.279 e. The minimum absolute atomic E-state index is 0.402. The number of thiazole rings is 1. The van der Waals surface area contributed by atoms with Crippen LogP contribution in [0.15, 0.2) is 5.38 Å². The fourth-order valence-electron chi connectivity index (χ4n) is 1.78. The molecule has 1 aromatic rings. The van der Waals surface area contributed by atoms with Crippen LogP contribution in [-0.4, -0.2) is 50.4 Å². The number of rotatable bonds is 5. The lowest BCUT2D eigenvalue weighted by molar-refractivity contribution is 0.355. The van der Waals surface area contributed by atoms with Crippen LogP contribution in [0.4, 0.5) is 0 Å². The Hall–Kier alpha value is -0.540. The average Bonchev–Trinajstić information content (AvgIpc) is 2.76. The van der Waals surface area contributed by atoms with E-state index in [-0.39, 0.29) is 0 Å². The lowest BCUT2D eigenvalue weighted by atomic mass is 10.4. The van der Waals surface area contributed by atoms with Gasteiger partial charge in [-0.2, -0.15) is 12.7 Å². The highest BCUT2D eigenvalue weighted by Gasteiger charge is 2.22. The first-order chi connectivity index (χ1) is 8.58. The fourth-order valence-corrected chi connectivity index (χ4v) is 3.76. The molecular weight excluding hydrogens is 272 g/mol. The molecule has 2 rings (SSSR count). The zero-order valence-electron chi connectivity index (χ0n) is 10.3. The summed E-state index contributed by atoms with van der Waals surface area (Å²) < 4.78 is 28.0. The lowest BCUT2D eigenvalue weighted by Gasteiger charge is -2.26. The molecule has 0 unspecified atom stereocenters. The molecule has 1 aromatic heterocycles. The number of hydrogen-bond donors (Lipinski definition) is 2. The molecule has 0 amide bonds. The largest absolute Gasteiger partial charge is 0.314 e. The van der Waals surface area contributed by atoms with Crippen molar-refractivity contribution >= 4 is 21.5 Å². The molecule has 0 spiro atoms. The van der Waals surface area contributed by atoms with E-state index in [4.69, 9.17) is 0 Å². The molecule has 8 heteroatoms. The van der Waals surface area contributed by atoms with Gasteiger partial charge in [-0.1, -0.05) is 0 Å². The van der Waals surface area contributed by atoms with Crippen LogP contribution in [-0.2, 0) is 16.6 Å². The van der Waals surface area contributed by atoms with Crippen LogP contribution < -0.4 is 10.0 Å². The van der Waals surface area contributed by atoms with Crippen LogP contribution in [0.25, 0.3) is 0 Å². The normalized spacial score (nSPS) is 18.1. The summed E-state index contributed by atoms with van der Waals surface area (Å²) in [5.74, 6) is 0. The van der Waals surface area contributed by atoms with Crippen LogP contribution in [0.2, 0.25) is 0 Å². The Labute approximate surface area is 112 Å². The van der Waals surface area contributed by atoms with Crippen molar-refractivity contribution in [1.82, 2.24) is 19.3 Å². The van der Waals surface area contributed by atoms with Gasteiger partial charge in [0.05, 0.1) is 5.01 Å². The molecule has 1 fully saturated rings. The summed E-state index contributed by atoms with van der Waals surface area (Å²) >= 11 is 1.57. The van der Waals surface area contributed by atoms with Crippen molar-refractivity contribution in [1.29, 1.82) is 0 Å². The van der Waals surface area contributed by atoms with Crippen molar-refractivity contribution in [3.8, 4) is 0 Å². The Bertz CT molecular complexity index is 480. The zero-order valence-corrected chi connectivity index (χ0v) is 12.0. The van der Waals surface area contributed by atoms with E-state index in [1.165, 1.54) is 4.31 Å². The molecule has 1 saturated heterocycles. The highest BCUT2D eigenvalue weighted by atomic mass is 32.2. The van der Waals surface area contributed by atoms with E-state index in [9.17, 15) is 8.42 Å². The Morgan fingerprint density at radius 2 is 2.22 bits per heavy atom. The third-order valence-electron chi connectivity index (χ3n) is 2.71. The van der Waals surface area contributed by atoms with E-state index in [0.29, 0.717) is 39.1 Å². The van der Waals surface area contributed by atoms with Gasteiger partial charge in [0.25, 0.3) is 10.2 Å². The number of nitrogens with one attached hydrogen (secondary N) is 2. The van der Waals surface area contributed by atoms with Gasteiger partial charge < -0.3 is 5.32 Å². The monoisotopic (exact) mass is 290 g/mol. The van der Waals surface area contributed by atoms with Crippen LogP contribution in [0.5, 0.6) is 0 Å². The van der Waals surface area contributed by atoms with Gasteiger partial charge >= 0.3 is 0 Å². The van der Waals surface area contributed by atoms with Crippen molar-refractivity contribution in [2.75, 3.05) is 32.7 Å². The SMILES string of the molecule is Cc1csc(CCNS(=O)(=O)N2CCNCC2)n1. The highest BCUT2D eigenvalue weighted by molar-refractivity contribution is 7.87. The molecule has 0 saturated carbocycles. The van der Waals surface area contributed by atoms with Crippen LogP contribution in [0, 0.1) is 6.92 Å². The molecule has 18 heavy (non-hydrogen) atoms. The Morgan fingerprint density at radius 3 is 2.83 bits per heavy atom. The van der Waals surface area contributed by atoms with Crippen molar-refractivity contribution < 1.29 is 8.42 Å². The second-order valence-electron chi connectivity index (χ2n) is 4.18. The molecule has 1 aliphatic rings. The van der Waals surface area contributed by atoms with Gasteiger partial charge in [0.1, 0.15) is 0 Å². The number of nitrogens with zero attached hydrogens (tertiary/aromatic N) is 2. The van der Waals surface area contributed by atoms with Crippen LogP contribution >= 0.6 is 11.3 Å². The smallest absolute Gasteiger partial charge is 0.279 e. The number of aromatic nitrogens is 1.